The first-order chi connectivity index (χ1) is 7.56. The number of nitrogens with two attached hydrogens (primary N) is 1. The quantitative estimate of drug-likeness (QED) is 0.600. The highest BCUT2D eigenvalue weighted by Gasteiger charge is 2.11. The molecule has 0 aliphatic rings. The smallest absolute Gasteiger partial charge is 0.413 e. The van der Waals surface area contributed by atoms with Gasteiger partial charge >= 0.3 is 6.09 Å². The van der Waals surface area contributed by atoms with Gasteiger partial charge in [0, 0.05) is 18.3 Å². The van der Waals surface area contributed by atoms with Crippen LogP contribution < -0.4 is 10.6 Å². The van der Waals surface area contributed by atoms with Crippen LogP contribution in [0.2, 0.25) is 0 Å². The van der Waals surface area contributed by atoms with E-state index in [-0.39, 0.29) is 5.84 Å². The van der Waals surface area contributed by atoms with E-state index in [1.54, 1.807) is 38.2 Å². The number of benzene rings is 1. The lowest BCUT2D eigenvalue weighted by molar-refractivity contribution is 0.161. The number of hydrogen-bond donors (Lipinski definition) is 2. The minimum absolute atomic E-state index is 0.0286. The Hall–Kier alpha value is -2.04. The molecule has 1 aromatic carbocycles. The summed E-state index contributed by atoms with van der Waals surface area (Å²) in [7, 11) is 1.61. The van der Waals surface area contributed by atoms with Crippen LogP contribution in [0.5, 0.6) is 0 Å². The molecule has 3 N–H and O–H groups in total. The third-order valence-electron chi connectivity index (χ3n) is 2.09. The number of anilines is 1. The number of nitrogens with one attached hydrogen (secondary N) is 1. The van der Waals surface area contributed by atoms with Crippen molar-refractivity contribution in [1.29, 1.82) is 5.41 Å². The zero-order valence-corrected chi connectivity index (χ0v) is 9.36. The van der Waals surface area contributed by atoms with Crippen molar-refractivity contribution < 1.29 is 9.53 Å². The van der Waals surface area contributed by atoms with E-state index in [2.05, 4.69) is 0 Å². The molecule has 5 nitrogen and oxygen atoms in total. The second kappa shape index (κ2) is 5.16. The predicted molar refractivity (Wildman–Crippen MR) is 62.9 cm³/mol. The Morgan fingerprint density at radius 2 is 2.25 bits per heavy atom. The summed E-state index contributed by atoms with van der Waals surface area (Å²) in [6, 6.07) is 6.87. The number of ether oxygens (including phenoxy) is 1. The number of hydrogen-bond acceptors (Lipinski definition) is 3. The molecular formula is C11H15N3O2. The summed E-state index contributed by atoms with van der Waals surface area (Å²) in [6.07, 6.45) is -0.428. The number of carbonyl (C=O) groups excluding carboxylic acids is 1. The lowest BCUT2D eigenvalue weighted by Gasteiger charge is -2.17. The molecule has 0 unspecified atom stereocenters. The van der Waals surface area contributed by atoms with Gasteiger partial charge in [0.15, 0.2) is 0 Å². The van der Waals surface area contributed by atoms with Crippen molar-refractivity contribution in [2.75, 3.05) is 18.6 Å². The summed E-state index contributed by atoms with van der Waals surface area (Å²) in [5.74, 6) is -0.0286. The molecule has 0 atom stereocenters. The van der Waals surface area contributed by atoms with Gasteiger partial charge in [0.25, 0.3) is 0 Å². The fourth-order valence-corrected chi connectivity index (χ4v) is 1.21. The van der Waals surface area contributed by atoms with Gasteiger partial charge in [-0.05, 0) is 19.1 Å². The first-order valence-corrected chi connectivity index (χ1v) is 4.91. The summed E-state index contributed by atoms with van der Waals surface area (Å²) < 4.78 is 4.86. The Kier molecular flexibility index (Phi) is 3.88. The van der Waals surface area contributed by atoms with E-state index in [0.717, 1.165) is 0 Å². The molecule has 0 aromatic heterocycles. The predicted octanol–water partition coefficient (Wildman–Crippen LogP) is 1.56. The Balaban J connectivity index is 2.91. The van der Waals surface area contributed by atoms with E-state index in [0.29, 0.717) is 17.9 Å². The number of amidine groups is 1. The Labute approximate surface area is 94.3 Å². The van der Waals surface area contributed by atoms with E-state index in [9.17, 15) is 4.79 Å². The molecule has 1 amide bonds. The number of carbonyl (C=O) groups is 1. The maximum atomic E-state index is 11.4. The van der Waals surface area contributed by atoms with Crippen molar-refractivity contribution in [3.05, 3.63) is 29.8 Å². The van der Waals surface area contributed by atoms with E-state index >= 15 is 0 Å². The average Bonchev–Trinajstić information content (AvgIpc) is 2.28. The molecule has 86 valence electrons. The van der Waals surface area contributed by atoms with E-state index in [1.165, 1.54) is 4.90 Å². The summed E-state index contributed by atoms with van der Waals surface area (Å²) in [5, 5.41) is 7.30. The minimum Gasteiger partial charge on any atom is -0.449 e. The first-order valence-electron chi connectivity index (χ1n) is 4.91. The van der Waals surface area contributed by atoms with Gasteiger partial charge in [0.1, 0.15) is 5.84 Å². The number of nitrogen functional groups attached to an aromatic ring is 1. The van der Waals surface area contributed by atoms with Crippen molar-refractivity contribution in [2.24, 2.45) is 5.73 Å². The second-order valence-electron chi connectivity index (χ2n) is 3.22. The Morgan fingerprint density at radius 3 is 2.81 bits per heavy atom. The molecule has 0 radical (unpaired) electrons. The summed E-state index contributed by atoms with van der Waals surface area (Å²) in [6.45, 7) is 2.08. The third kappa shape index (κ3) is 2.73. The van der Waals surface area contributed by atoms with Crippen LogP contribution in [0.1, 0.15) is 12.5 Å². The number of rotatable bonds is 3. The molecule has 0 fully saturated rings. The lowest BCUT2D eigenvalue weighted by Crippen LogP contribution is -2.27. The van der Waals surface area contributed by atoms with Gasteiger partial charge in [-0.3, -0.25) is 10.3 Å². The Bertz CT molecular complexity index is 404. The molecule has 0 heterocycles. The molecule has 0 spiro atoms. The highest BCUT2D eigenvalue weighted by Crippen LogP contribution is 2.15. The van der Waals surface area contributed by atoms with E-state index < -0.39 is 6.09 Å². The van der Waals surface area contributed by atoms with Crippen LogP contribution in [0, 0.1) is 5.41 Å². The van der Waals surface area contributed by atoms with Crippen molar-refractivity contribution in [1.82, 2.24) is 0 Å². The van der Waals surface area contributed by atoms with Crippen molar-refractivity contribution in [3.63, 3.8) is 0 Å². The van der Waals surface area contributed by atoms with E-state index in [1.807, 2.05) is 0 Å². The van der Waals surface area contributed by atoms with Crippen LogP contribution in [-0.4, -0.2) is 25.6 Å². The zero-order valence-electron chi connectivity index (χ0n) is 9.36. The molecule has 1 rings (SSSR count). The molecule has 1 aromatic rings. The van der Waals surface area contributed by atoms with Crippen LogP contribution in [0.4, 0.5) is 10.5 Å². The normalized spacial score (nSPS) is 9.62. The first kappa shape index (κ1) is 12.0. The highest BCUT2D eigenvalue weighted by molar-refractivity contribution is 5.97. The SMILES string of the molecule is CCOC(=O)N(C)c1cccc(C(=N)N)c1. The molecule has 0 aliphatic heterocycles. The maximum Gasteiger partial charge on any atom is 0.413 e. The highest BCUT2D eigenvalue weighted by atomic mass is 16.6. The van der Waals surface area contributed by atoms with Crippen molar-refractivity contribution in [2.45, 2.75) is 6.92 Å². The molecule has 5 heteroatoms. The molecule has 0 bridgehead atoms. The number of amides is 1. The van der Waals surface area contributed by atoms with Crippen LogP contribution in [-0.2, 0) is 4.74 Å². The van der Waals surface area contributed by atoms with Gasteiger partial charge in [0.2, 0.25) is 0 Å². The fourth-order valence-electron chi connectivity index (χ4n) is 1.21. The van der Waals surface area contributed by atoms with Gasteiger partial charge in [0.05, 0.1) is 6.61 Å². The maximum absolute atomic E-state index is 11.4. The molecule has 0 saturated heterocycles. The third-order valence-corrected chi connectivity index (χ3v) is 2.09. The summed E-state index contributed by atoms with van der Waals surface area (Å²) >= 11 is 0. The molecular weight excluding hydrogens is 206 g/mol. The average molecular weight is 221 g/mol. The van der Waals surface area contributed by atoms with Crippen molar-refractivity contribution in [3.8, 4) is 0 Å². The fraction of sp³-hybridized carbons (Fsp3) is 0.273. The van der Waals surface area contributed by atoms with Gasteiger partial charge in [-0.25, -0.2) is 4.79 Å². The molecule has 0 saturated carbocycles. The van der Waals surface area contributed by atoms with Gasteiger partial charge in [-0.15, -0.1) is 0 Å². The Morgan fingerprint density at radius 1 is 1.56 bits per heavy atom. The summed E-state index contributed by atoms with van der Waals surface area (Å²) in [4.78, 5) is 12.8. The molecule has 16 heavy (non-hydrogen) atoms. The zero-order chi connectivity index (χ0) is 12.1. The van der Waals surface area contributed by atoms with Crippen LogP contribution in [0.25, 0.3) is 0 Å². The van der Waals surface area contributed by atoms with E-state index in [4.69, 9.17) is 15.9 Å². The monoisotopic (exact) mass is 221 g/mol. The van der Waals surface area contributed by atoms with Gasteiger partial charge < -0.3 is 10.5 Å². The van der Waals surface area contributed by atoms with Gasteiger partial charge in [-0.1, -0.05) is 12.1 Å². The van der Waals surface area contributed by atoms with Crippen LogP contribution >= 0.6 is 0 Å². The lowest BCUT2D eigenvalue weighted by atomic mass is 10.2. The summed E-state index contributed by atoms with van der Waals surface area (Å²) in [5.41, 5.74) is 6.59. The second-order valence-corrected chi connectivity index (χ2v) is 3.22. The molecule has 0 aliphatic carbocycles. The van der Waals surface area contributed by atoms with Crippen LogP contribution in [0.15, 0.2) is 24.3 Å². The van der Waals surface area contributed by atoms with Crippen molar-refractivity contribution >= 4 is 17.6 Å². The largest absolute Gasteiger partial charge is 0.449 e. The standard InChI is InChI=1S/C11H15N3O2/c1-3-16-11(15)14(2)9-6-4-5-8(7-9)10(12)13/h4-7H,3H2,1-2H3,(H3,12,13). The number of nitrogens with zero attached hydrogens (tertiary/aromatic N) is 1. The topological polar surface area (TPSA) is 79.4 Å². The van der Waals surface area contributed by atoms with Crippen LogP contribution in [0.3, 0.4) is 0 Å². The van der Waals surface area contributed by atoms with Gasteiger partial charge in [-0.2, -0.15) is 0 Å². The minimum atomic E-state index is -0.428.